The smallest absolute Gasteiger partial charge is 0.471 e. The molecule has 0 spiro atoms. The Labute approximate surface area is 130 Å². The molecule has 3 rings (SSSR count). The first kappa shape index (κ1) is 15.5. The molecule has 1 aromatic heterocycles. The van der Waals surface area contributed by atoms with Gasteiger partial charge in [0.05, 0.1) is 5.54 Å². The number of alkyl halides is 3. The molecule has 0 amide bonds. The monoisotopic (exact) mass is 325 g/mol. The van der Waals surface area contributed by atoms with E-state index in [1.165, 1.54) is 0 Å². The molecule has 0 N–H and O–H groups in total. The molecule has 23 heavy (non-hydrogen) atoms. The third kappa shape index (κ3) is 2.93. The van der Waals surface area contributed by atoms with Crippen LogP contribution in [0.3, 0.4) is 0 Å². The number of halogens is 3. The van der Waals surface area contributed by atoms with Gasteiger partial charge in [0.2, 0.25) is 11.7 Å². The van der Waals surface area contributed by atoms with Crippen molar-refractivity contribution in [1.29, 1.82) is 0 Å². The molecule has 1 atom stereocenters. The van der Waals surface area contributed by atoms with Crippen LogP contribution in [0.25, 0.3) is 11.4 Å². The molecule has 2 heterocycles. The van der Waals surface area contributed by atoms with Crippen molar-refractivity contribution >= 4 is 5.90 Å². The molecule has 0 bridgehead atoms. The fourth-order valence-corrected chi connectivity index (χ4v) is 2.04. The average Bonchev–Trinajstić information content (AvgIpc) is 3.05. The summed E-state index contributed by atoms with van der Waals surface area (Å²) < 4.78 is 47.3. The van der Waals surface area contributed by atoms with Gasteiger partial charge in [-0.05, 0) is 32.9 Å². The number of hydrogen-bond donors (Lipinski definition) is 0. The normalized spacial score (nSPS) is 20.3. The standard InChI is InChI=1S/C15H14F3N3O2/c1-8-14(2,3)20-12(22-8)10-6-4-9(5-7-10)11-19-13(23-21-11)15(16,17)18/h4-8H,1-3H3. The molecule has 5 nitrogen and oxygen atoms in total. The van der Waals surface area contributed by atoms with Crippen LogP contribution in [0.15, 0.2) is 33.8 Å². The summed E-state index contributed by atoms with van der Waals surface area (Å²) in [6.45, 7) is 5.87. The summed E-state index contributed by atoms with van der Waals surface area (Å²) in [6, 6.07) is 6.60. The molecule has 122 valence electrons. The van der Waals surface area contributed by atoms with Crippen LogP contribution in [0, 0.1) is 0 Å². The lowest BCUT2D eigenvalue weighted by atomic mass is 10.0. The number of ether oxygens (including phenoxy) is 1. The molecule has 1 aliphatic rings. The summed E-state index contributed by atoms with van der Waals surface area (Å²) in [5.41, 5.74) is 0.841. The molecular formula is C15H14F3N3O2. The van der Waals surface area contributed by atoms with Gasteiger partial charge in [0.1, 0.15) is 6.10 Å². The van der Waals surface area contributed by atoms with E-state index in [1.807, 2.05) is 20.8 Å². The van der Waals surface area contributed by atoms with Crippen molar-refractivity contribution in [3.63, 3.8) is 0 Å². The van der Waals surface area contributed by atoms with Crippen molar-refractivity contribution in [2.75, 3.05) is 0 Å². The van der Waals surface area contributed by atoms with Crippen LogP contribution < -0.4 is 0 Å². The number of hydrogen-bond acceptors (Lipinski definition) is 5. The van der Waals surface area contributed by atoms with Crippen molar-refractivity contribution in [1.82, 2.24) is 10.1 Å². The van der Waals surface area contributed by atoms with Gasteiger partial charge in [-0.1, -0.05) is 17.3 Å². The van der Waals surface area contributed by atoms with Gasteiger partial charge in [-0.2, -0.15) is 18.2 Å². The number of nitrogens with zero attached hydrogens (tertiary/aromatic N) is 3. The molecule has 0 aliphatic carbocycles. The van der Waals surface area contributed by atoms with Crippen molar-refractivity contribution in [2.24, 2.45) is 4.99 Å². The zero-order valence-electron chi connectivity index (χ0n) is 12.7. The number of aromatic nitrogens is 2. The largest absolute Gasteiger partial charge is 0.472 e. The van der Waals surface area contributed by atoms with Crippen LogP contribution in [0.2, 0.25) is 0 Å². The quantitative estimate of drug-likeness (QED) is 0.845. The molecule has 1 unspecified atom stereocenters. The third-order valence-corrected chi connectivity index (χ3v) is 3.73. The van der Waals surface area contributed by atoms with Crippen LogP contribution in [-0.4, -0.2) is 27.7 Å². The Kier molecular flexibility index (Phi) is 3.42. The second-order valence-corrected chi connectivity index (χ2v) is 5.83. The third-order valence-electron chi connectivity index (χ3n) is 3.73. The lowest BCUT2D eigenvalue weighted by Gasteiger charge is -2.18. The van der Waals surface area contributed by atoms with Gasteiger partial charge in [-0.3, -0.25) is 0 Å². The van der Waals surface area contributed by atoms with Crippen LogP contribution >= 0.6 is 0 Å². The van der Waals surface area contributed by atoms with E-state index in [2.05, 4.69) is 19.7 Å². The first-order valence-electron chi connectivity index (χ1n) is 6.95. The zero-order valence-corrected chi connectivity index (χ0v) is 12.7. The molecule has 0 saturated heterocycles. The van der Waals surface area contributed by atoms with Gasteiger partial charge < -0.3 is 9.26 Å². The summed E-state index contributed by atoms with van der Waals surface area (Å²) in [4.78, 5) is 7.86. The SMILES string of the molecule is CC1OC(c2ccc(-c3noc(C(F)(F)F)n3)cc2)=NC1(C)C. The van der Waals surface area contributed by atoms with Gasteiger partial charge in [-0.15, -0.1) is 0 Å². The highest BCUT2D eigenvalue weighted by molar-refractivity contribution is 5.96. The van der Waals surface area contributed by atoms with Crippen molar-refractivity contribution in [3.8, 4) is 11.4 Å². The van der Waals surface area contributed by atoms with E-state index < -0.39 is 12.1 Å². The van der Waals surface area contributed by atoms with Gasteiger partial charge in [-0.25, -0.2) is 4.99 Å². The lowest BCUT2D eigenvalue weighted by Crippen LogP contribution is -2.28. The molecule has 1 aromatic carbocycles. The van der Waals surface area contributed by atoms with Gasteiger partial charge in [0.25, 0.3) is 0 Å². The Morgan fingerprint density at radius 3 is 2.17 bits per heavy atom. The molecular weight excluding hydrogens is 311 g/mol. The summed E-state index contributed by atoms with van der Waals surface area (Å²) >= 11 is 0. The fourth-order valence-electron chi connectivity index (χ4n) is 2.04. The predicted octanol–water partition coefficient (Wildman–Crippen LogP) is 3.70. The van der Waals surface area contributed by atoms with Crippen LogP contribution in [0.1, 0.15) is 32.2 Å². The molecule has 1 aliphatic heterocycles. The maximum Gasteiger partial charge on any atom is 0.471 e. The number of rotatable bonds is 2. The van der Waals surface area contributed by atoms with Crippen molar-refractivity contribution in [2.45, 2.75) is 38.6 Å². The van der Waals surface area contributed by atoms with E-state index in [1.54, 1.807) is 24.3 Å². The second-order valence-electron chi connectivity index (χ2n) is 5.83. The highest BCUT2D eigenvalue weighted by Crippen LogP contribution is 2.30. The molecule has 0 fully saturated rings. The minimum Gasteiger partial charge on any atom is -0.472 e. The average molecular weight is 325 g/mol. The highest BCUT2D eigenvalue weighted by atomic mass is 19.4. The first-order valence-corrected chi connectivity index (χ1v) is 6.95. The minimum atomic E-state index is -4.65. The predicted molar refractivity (Wildman–Crippen MR) is 75.9 cm³/mol. The molecule has 8 heteroatoms. The summed E-state index contributed by atoms with van der Waals surface area (Å²) in [6.07, 6.45) is -4.71. The van der Waals surface area contributed by atoms with Crippen molar-refractivity contribution in [3.05, 3.63) is 35.7 Å². The van der Waals surface area contributed by atoms with Crippen molar-refractivity contribution < 1.29 is 22.4 Å². The van der Waals surface area contributed by atoms with Crippen LogP contribution in [0.4, 0.5) is 13.2 Å². The van der Waals surface area contributed by atoms with Gasteiger partial charge in [0.15, 0.2) is 0 Å². The molecule has 0 saturated carbocycles. The van der Waals surface area contributed by atoms with Gasteiger partial charge in [0, 0.05) is 11.1 Å². The Morgan fingerprint density at radius 2 is 1.70 bits per heavy atom. The summed E-state index contributed by atoms with van der Waals surface area (Å²) in [5, 5.41) is 3.35. The first-order chi connectivity index (χ1) is 10.7. The number of aliphatic imine (C=N–C) groups is 1. The molecule has 2 aromatic rings. The van der Waals surface area contributed by atoms with E-state index in [0.717, 1.165) is 5.56 Å². The maximum atomic E-state index is 12.5. The Hall–Kier alpha value is -2.38. The lowest BCUT2D eigenvalue weighted by molar-refractivity contribution is -0.159. The second kappa shape index (κ2) is 5.07. The summed E-state index contributed by atoms with van der Waals surface area (Å²) in [5.74, 6) is -0.972. The maximum absolute atomic E-state index is 12.5. The van der Waals surface area contributed by atoms with E-state index in [9.17, 15) is 13.2 Å². The van der Waals surface area contributed by atoms with Crippen LogP contribution in [0.5, 0.6) is 0 Å². The minimum absolute atomic E-state index is 0.0521. The Balaban J connectivity index is 1.85. The highest BCUT2D eigenvalue weighted by Gasteiger charge is 2.38. The Bertz CT molecular complexity index is 748. The topological polar surface area (TPSA) is 60.5 Å². The van der Waals surface area contributed by atoms with E-state index in [0.29, 0.717) is 11.5 Å². The van der Waals surface area contributed by atoms with E-state index in [-0.39, 0.29) is 17.5 Å². The fraction of sp³-hybridized carbons (Fsp3) is 0.400. The number of benzene rings is 1. The van der Waals surface area contributed by atoms with Gasteiger partial charge >= 0.3 is 12.1 Å². The summed E-state index contributed by atoms with van der Waals surface area (Å²) in [7, 11) is 0. The zero-order chi connectivity index (χ0) is 16.8. The van der Waals surface area contributed by atoms with Crippen LogP contribution in [-0.2, 0) is 10.9 Å². The van der Waals surface area contributed by atoms with E-state index in [4.69, 9.17) is 4.74 Å². The molecule has 0 radical (unpaired) electrons. The Morgan fingerprint density at radius 1 is 1.09 bits per heavy atom. The van der Waals surface area contributed by atoms with E-state index >= 15 is 0 Å².